The lowest BCUT2D eigenvalue weighted by Crippen LogP contribution is -2.54. The molecule has 0 aliphatic carbocycles. The quantitative estimate of drug-likeness (QED) is 0.230. The largest absolute Gasteiger partial charge is 0.495 e. The number of amides is 2. The van der Waals surface area contributed by atoms with E-state index in [4.69, 9.17) is 16.3 Å². The lowest BCUT2D eigenvalue weighted by molar-refractivity contribution is -0.142. The van der Waals surface area contributed by atoms with Gasteiger partial charge in [0.05, 0.1) is 24.1 Å². The molecule has 0 fully saturated rings. The van der Waals surface area contributed by atoms with Crippen LogP contribution in [0.1, 0.15) is 44.7 Å². The van der Waals surface area contributed by atoms with Crippen molar-refractivity contribution in [2.45, 2.75) is 58.2 Å². The number of halogens is 2. The molecular formula is C32H39BrClN3O5S. The SMILES string of the molecule is COc1ccc(N(CCCC(=O)N(Cc2cccc(Br)c2)[C@H](Cc2ccccc2)C(=O)NC(C)(C)C)S(C)(=O)=O)cc1Cl. The first-order chi connectivity index (χ1) is 20.2. The molecule has 0 aromatic heterocycles. The highest BCUT2D eigenvalue weighted by Gasteiger charge is 2.32. The van der Waals surface area contributed by atoms with Crippen molar-refractivity contribution in [3.63, 3.8) is 0 Å². The highest BCUT2D eigenvalue weighted by atomic mass is 79.9. The highest BCUT2D eigenvalue weighted by Crippen LogP contribution is 2.30. The van der Waals surface area contributed by atoms with Gasteiger partial charge >= 0.3 is 0 Å². The highest BCUT2D eigenvalue weighted by molar-refractivity contribution is 9.10. The normalized spacial score (nSPS) is 12.3. The van der Waals surface area contributed by atoms with Crippen molar-refractivity contribution in [1.82, 2.24) is 10.2 Å². The number of nitrogens with one attached hydrogen (secondary N) is 1. The molecule has 3 rings (SSSR count). The second-order valence-corrected chi connectivity index (χ2v) is 14.6. The molecule has 0 bridgehead atoms. The standard InChI is InChI=1S/C32H39BrClN3O5S/c1-32(2,3)35-31(39)28(20-23-11-7-6-8-12-23)36(22-24-13-9-14-25(33)19-24)30(38)15-10-18-37(43(5,40)41)26-16-17-29(42-4)27(34)21-26/h6-9,11-14,16-17,19,21,28H,10,15,18,20,22H2,1-5H3,(H,35,39)/t28-/m1/s1. The molecule has 0 unspecified atom stereocenters. The number of hydrogen-bond donors (Lipinski definition) is 1. The molecular weight excluding hydrogens is 654 g/mol. The van der Waals surface area contributed by atoms with Crippen molar-refractivity contribution in [1.29, 1.82) is 0 Å². The Kier molecular flexibility index (Phi) is 12.1. The molecule has 2 amide bonds. The maximum atomic E-state index is 14.0. The Morgan fingerprint density at radius 2 is 1.67 bits per heavy atom. The van der Waals surface area contributed by atoms with Crippen molar-refractivity contribution >= 4 is 55.1 Å². The Hall–Kier alpha value is -3.08. The zero-order valence-corrected chi connectivity index (χ0v) is 28.3. The zero-order valence-electron chi connectivity index (χ0n) is 25.1. The van der Waals surface area contributed by atoms with Crippen LogP contribution in [0.5, 0.6) is 5.75 Å². The van der Waals surface area contributed by atoms with Crippen molar-refractivity contribution in [2.24, 2.45) is 0 Å². The fraction of sp³-hybridized carbons (Fsp3) is 0.375. The third-order valence-electron chi connectivity index (χ3n) is 6.59. The maximum Gasteiger partial charge on any atom is 0.243 e. The molecule has 3 aromatic rings. The molecule has 43 heavy (non-hydrogen) atoms. The van der Waals surface area contributed by atoms with Crippen LogP contribution in [0.15, 0.2) is 77.3 Å². The Morgan fingerprint density at radius 3 is 2.26 bits per heavy atom. The van der Waals surface area contributed by atoms with Gasteiger partial charge in [-0.15, -0.1) is 0 Å². The van der Waals surface area contributed by atoms with Crippen molar-refractivity contribution in [3.05, 3.63) is 93.4 Å². The first-order valence-electron chi connectivity index (χ1n) is 13.9. The summed E-state index contributed by atoms with van der Waals surface area (Å²) in [6.07, 6.45) is 1.68. The molecule has 8 nitrogen and oxygen atoms in total. The van der Waals surface area contributed by atoms with E-state index >= 15 is 0 Å². The number of methoxy groups -OCH3 is 1. The fourth-order valence-electron chi connectivity index (χ4n) is 4.65. The Labute approximate surface area is 268 Å². The lowest BCUT2D eigenvalue weighted by atomic mass is 10.00. The number of rotatable bonds is 13. The molecule has 0 saturated heterocycles. The van der Waals surface area contributed by atoms with E-state index in [2.05, 4.69) is 21.2 Å². The van der Waals surface area contributed by atoms with Crippen LogP contribution < -0.4 is 14.4 Å². The van der Waals surface area contributed by atoms with E-state index in [0.29, 0.717) is 17.9 Å². The Balaban J connectivity index is 1.91. The van der Waals surface area contributed by atoms with E-state index in [9.17, 15) is 18.0 Å². The zero-order chi connectivity index (χ0) is 31.8. The van der Waals surface area contributed by atoms with E-state index in [1.165, 1.54) is 17.5 Å². The van der Waals surface area contributed by atoms with Crippen LogP contribution in [0.2, 0.25) is 5.02 Å². The Morgan fingerprint density at radius 1 is 1.00 bits per heavy atom. The summed E-state index contributed by atoms with van der Waals surface area (Å²) in [6.45, 7) is 5.95. The van der Waals surface area contributed by atoms with Gasteiger partial charge in [-0.25, -0.2) is 8.42 Å². The minimum Gasteiger partial charge on any atom is -0.495 e. The fourth-order valence-corrected chi connectivity index (χ4v) is 6.31. The molecule has 11 heteroatoms. The molecule has 0 saturated carbocycles. The van der Waals surface area contributed by atoms with Gasteiger partial charge in [-0.1, -0.05) is 70.0 Å². The molecule has 1 N–H and O–H groups in total. The number of ether oxygens (including phenoxy) is 1. The van der Waals surface area contributed by atoms with Crippen LogP contribution in [-0.4, -0.2) is 56.6 Å². The minimum absolute atomic E-state index is 0.0258. The summed E-state index contributed by atoms with van der Waals surface area (Å²) in [7, 11) is -2.20. The summed E-state index contributed by atoms with van der Waals surface area (Å²) in [5.74, 6) is -0.0910. The molecule has 0 aliphatic heterocycles. The predicted octanol–water partition coefficient (Wildman–Crippen LogP) is 6.21. The number of benzene rings is 3. The average Bonchev–Trinajstić information content (AvgIpc) is 2.92. The summed E-state index contributed by atoms with van der Waals surface area (Å²) < 4.78 is 32.7. The number of carbonyl (C=O) groups excluding carboxylic acids is 2. The monoisotopic (exact) mass is 691 g/mol. The molecule has 0 heterocycles. The number of anilines is 1. The summed E-state index contributed by atoms with van der Waals surface area (Å²) in [6, 6.07) is 21.1. The number of nitrogens with zero attached hydrogens (tertiary/aromatic N) is 2. The van der Waals surface area contributed by atoms with Gasteiger partial charge in [0.25, 0.3) is 0 Å². The van der Waals surface area contributed by atoms with Gasteiger partial charge in [0.1, 0.15) is 11.8 Å². The van der Waals surface area contributed by atoms with Crippen molar-refractivity contribution < 1.29 is 22.7 Å². The van der Waals surface area contributed by atoms with Crippen LogP contribution in [0.3, 0.4) is 0 Å². The molecule has 0 spiro atoms. The maximum absolute atomic E-state index is 14.0. The molecule has 3 aromatic carbocycles. The predicted molar refractivity (Wildman–Crippen MR) is 176 cm³/mol. The first kappa shape index (κ1) is 34.4. The van der Waals surface area contributed by atoms with Crippen LogP contribution >= 0.6 is 27.5 Å². The van der Waals surface area contributed by atoms with E-state index in [1.54, 1.807) is 17.0 Å². The smallest absolute Gasteiger partial charge is 0.243 e. The summed E-state index contributed by atoms with van der Waals surface area (Å²) in [5.41, 5.74) is 1.64. The average molecular weight is 693 g/mol. The Bertz CT molecular complexity index is 1510. The van der Waals surface area contributed by atoms with Crippen molar-refractivity contribution in [2.75, 3.05) is 24.2 Å². The minimum atomic E-state index is -3.68. The van der Waals surface area contributed by atoms with Gasteiger partial charge in [0, 0.05) is 35.9 Å². The van der Waals surface area contributed by atoms with Gasteiger partial charge in [0.2, 0.25) is 21.8 Å². The van der Waals surface area contributed by atoms with Gasteiger partial charge in [-0.3, -0.25) is 13.9 Å². The van der Waals surface area contributed by atoms with Gasteiger partial charge in [-0.05, 0) is 68.7 Å². The molecule has 0 radical (unpaired) electrons. The summed E-state index contributed by atoms with van der Waals surface area (Å²) in [4.78, 5) is 29.3. The van der Waals surface area contributed by atoms with E-state index in [0.717, 1.165) is 21.9 Å². The van der Waals surface area contributed by atoms with Gasteiger partial charge < -0.3 is 15.0 Å². The molecule has 1 atom stereocenters. The lowest BCUT2D eigenvalue weighted by Gasteiger charge is -2.34. The number of carbonyl (C=O) groups is 2. The van der Waals surface area contributed by atoms with Crippen LogP contribution in [-0.2, 0) is 32.6 Å². The molecule has 0 aliphatic rings. The van der Waals surface area contributed by atoms with Crippen LogP contribution in [0.25, 0.3) is 0 Å². The summed E-state index contributed by atoms with van der Waals surface area (Å²) in [5, 5.41) is 3.33. The van der Waals surface area contributed by atoms with Crippen LogP contribution in [0.4, 0.5) is 5.69 Å². The number of sulfonamides is 1. The third kappa shape index (κ3) is 10.5. The molecule has 232 valence electrons. The van der Waals surface area contributed by atoms with E-state index in [-0.39, 0.29) is 42.8 Å². The van der Waals surface area contributed by atoms with Gasteiger partial charge in [-0.2, -0.15) is 0 Å². The number of hydrogen-bond acceptors (Lipinski definition) is 5. The van der Waals surface area contributed by atoms with E-state index in [1.807, 2.05) is 75.4 Å². The first-order valence-corrected chi connectivity index (χ1v) is 16.9. The third-order valence-corrected chi connectivity index (χ3v) is 8.57. The second kappa shape index (κ2) is 15.1. The second-order valence-electron chi connectivity index (χ2n) is 11.4. The summed E-state index contributed by atoms with van der Waals surface area (Å²) >= 11 is 9.76. The van der Waals surface area contributed by atoms with Crippen LogP contribution in [0, 0.1) is 0 Å². The topological polar surface area (TPSA) is 96.0 Å². The van der Waals surface area contributed by atoms with Gasteiger partial charge in [0.15, 0.2) is 0 Å². The van der Waals surface area contributed by atoms with E-state index < -0.39 is 21.6 Å². The van der Waals surface area contributed by atoms with Crippen molar-refractivity contribution in [3.8, 4) is 5.75 Å².